The standard InChI is InChI=1S/C11H19N5O3/c12-8-3-14-16(4-8)6-9(17)5-15-1-2-19-7-10(15)11(13)18/h3-4,9-10,17H,1-2,5-7,12H2,(H2,13,18). The fraction of sp³-hybridized carbons (Fsp3) is 0.636. The smallest absolute Gasteiger partial charge is 0.237 e. The molecule has 0 saturated carbocycles. The van der Waals surface area contributed by atoms with Gasteiger partial charge in [-0.1, -0.05) is 0 Å². The van der Waals surface area contributed by atoms with Crippen molar-refractivity contribution < 1.29 is 14.6 Å². The molecule has 106 valence electrons. The molecule has 8 heteroatoms. The maximum absolute atomic E-state index is 11.3. The van der Waals surface area contributed by atoms with Crippen molar-refractivity contribution in [2.45, 2.75) is 18.7 Å². The molecule has 0 aromatic carbocycles. The molecule has 2 unspecified atom stereocenters. The molecule has 1 amide bonds. The van der Waals surface area contributed by atoms with E-state index in [1.807, 2.05) is 4.90 Å². The molecule has 5 N–H and O–H groups in total. The second-order valence-electron chi connectivity index (χ2n) is 4.64. The Kier molecular flexibility index (Phi) is 4.35. The number of ether oxygens (including phenoxy) is 1. The maximum atomic E-state index is 11.3. The zero-order valence-electron chi connectivity index (χ0n) is 10.6. The van der Waals surface area contributed by atoms with Gasteiger partial charge < -0.3 is 21.3 Å². The van der Waals surface area contributed by atoms with E-state index < -0.39 is 18.1 Å². The molecule has 0 bridgehead atoms. The van der Waals surface area contributed by atoms with Gasteiger partial charge in [-0.25, -0.2) is 0 Å². The van der Waals surface area contributed by atoms with E-state index in [0.717, 1.165) is 0 Å². The summed E-state index contributed by atoms with van der Waals surface area (Å²) in [7, 11) is 0. The van der Waals surface area contributed by atoms with Crippen molar-refractivity contribution in [3.05, 3.63) is 12.4 Å². The fourth-order valence-electron chi connectivity index (χ4n) is 2.14. The molecule has 2 rings (SSSR count). The van der Waals surface area contributed by atoms with Crippen LogP contribution >= 0.6 is 0 Å². The molecule has 1 aliphatic heterocycles. The van der Waals surface area contributed by atoms with Gasteiger partial charge in [-0.15, -0.1) is 0 Å². The van der Waals surface area contributed by atoms with Gasteiger partial charge in [0, 0.05) is 19.3 Å². The molecule has 19 heavy (non-hydrogen) atoms. The second-order valence-corrected chi connectivity index (χ2v) is 4.64. The normalized spacial score (nSPS) is 22.3. The number of nitrogens with zero attached hydrogens (tertiary/aromatic N) is 3. The van der Waals surface area contributed by atoms with Crippen LogP contribution in [-0.4, -0.2) is 64.1 Å². The Hall–Kier alpha value is -1.64. The number of carbonyl (C=O) groups excluding carboxylic acids is 1. The second kappa shape index (κ2) is 6.00. The lowest BCUT2D eigenvalue weighted by atomic mass is 10.2. The number of nitrogens with two attached hydrogens (primary N) is 2. The Morgan fingerprint density at radius 3 is 3.05 bits per heavy atom. The van der Waals surface area contributed by atoms with Crippen LogP contribution in [0, 0.1) is 0 Å². The van der Waals surface area contributed by atoms with Gasteiger partial charge in [0.1, 0.15) is 6.04 Å². The quantitative estimate of drug-likeness (QED) is 0.569. The van der Waals surface area contributed by atoms with E-state index in [1.54, 1.807) is 10.9 Å². The summed E-state index contributed by atoms with van der Waals surface area (Å²) in [4.78, 5) is 13.1. The average Bonchev–Trinajstić information content (AvgIpc) is 2.75. The Balaban J connectivity index is 1.89. The highest BCUT2D eigenvalue weighted by atomic mass is 16.5. The number of primary amides is 1. The van der Waals surface area contributed by atoms with Gasteiger partial charge in [-0.05, 0) is 0 Å². The topological polar surface area (TPSA) is 120 Å². The summed E-state index contributed by atoms with van der Waals surface area (Å²) < 4.78 is 6.79. The van der Waals surface area contributed by atoms with E-state index in [-0.39, 0.29) is 6.61 Å². The summed E-state index contributed by atoms with van der Waals surface area (Å²) in [6.45, 7) is 2.05. The maximum Gasteiger partial charge on any atom is 0.237 e. The first-order valence-electron chi connectivity index (χ1n) is 6.13. The van der Waals surface area contributed by atoms with Crippen LogP contribution in [0.15, 0.2) is 12.4 Å². The van der Waals surface area contributed by atoms with Gasteiger partial charge in [-0.3, -0.25) is 14.4 Å². The summed E-state index contributed by atoms with van der Waals surface area (Å²) >= 11 is 0. The lowest BCUT2D eigenvalue weighted by Crippen LogP contribution is -2.54. The van der Waals surface area contributed by atoms with Gasteiger partial charge in [0.2, 0.25) is 5.91 Å². The van der Waals surface area contributed by atoms with E-state index in [9.17, 15) is 9.90 Å². The Labute approximate surface area is 110 Å². The summed E-state index contributed by atoms with van der Waals surface area (Å²) in [6.07, 6.45) is 2.51. The third-order valence-corrected chi connectivity index (χ3v) is 3.06. The zero-order chi connectivity index (χ0) is 13.8. The average molecular weight is 269 g/mol. The predicted molar refractivity (Wildman–Crippen MR) is 68.0 cm³/mol. The van der Waals surface area contributed by atoms with E-state index in [1.165, 1.54) is 6.20 Å². The number of amides is 1. The summed E-state index contributed by atoms with van der Waals surface area (Å²) in [5, 5.41) is 14.0. The molecule has 1 aliphatic rings. The van der Waals surface area contributed by atoms with Crippen molar-refractivity contribution in [3.8, 4) is 0 Å². The molecule has 1 aromatic heterocycles. The number of carbonyl (C=O) groups is 1. The van der Waals surface area contributed by atoms with Crippen LogP contribution in [0.3, 0.4) is 0 Å². The Morgan fingerprint density at radius 1 is 1.63 bits per heavy atom. The van der Waals surface area contributed by atoms with E-state index in [0.29, 0.717) is 31.9 Å². The Morgan fingerprint density at radius 2 is 2.42 bits per heavy atom. The molecule has 8 nitrogen and oxygen atoms in total. The van der Waals surface area contributed by atoms with Crippen molar-refractivity contribution >= 4 is 11.6 Å². The molecular weight excluding hydrogens is 250 g/mol. The minimum Gasteiger partial charge on any atom is -0.396 e. The molecule has 1 aromatic rings. The van der Waals surface area contributed by atoms with Crippen molar-refractivity contribution in [2.75, 3.05) is 32.0 Å². The van der Waals surface area contributed by atoms with E-state index in [2.05, 4.69) is 5.10 Å². The fourth-order valence-corrected chi connectivity index (χ4v) is 2.14. The van der Waals surface area contributed by atoms with Gasteiger partial charge in [0.15, 0.2) is 0 Å². The SMILES string of the molecule is NC(=O)C1COCCN1CC(O)Cn1cc(N)cn1. The number of anilines is 1. The molecule has 0 spiro atoms. The van der Waals surface area contributed by atoms with Gasteiger partial charge in [-0.2, -0.15) is 5.10 Å². The highest BCUT2D eigenvalue weighted by Crippen LogP contribution is 2.08. The van der Waals surface area contributed by atoms with Gasteiger partial charge >= 0.3 is 0 Å². The predicted octanol–water partition coefficient (Wildman–Crippen LogP) is -1.99. The largest absolute Gasteiger partial charge is 0.396 e. The number of aliphatic hydroxyl groups excluding tert-OH is 1. The molecule has 2 atom stereocenters. The number of aromatic nitrogens is 2. The van der Waals surface area contributed by atoms with Crippen LogP contribution in [-0.2, 0) is 16.1 Å². The molecular formula is C11H19N5O3. The number of hydrogen-bond donors (Lipinski definition) is 3. The van der Waals surface area contributed by atoms with Crippen molar-refractivity contribution in [2.24, 2.45) is 5.73 Å². The first-order chi connectivity index (χ1) is 9.06. The molecule has 0 aliphatic carbocycles. The van der Waals surface area contributed by atoms with Gasteiger partial charge in [0.05, 0.1) is 37.7 Å². The molecule has 0 radical (unpaired) electrons. The molecule has 1 saturated heterocycles. The van der Waals surface area contributed by atoms with Crippen molar-refractivity contribution in [1.82, 2.24) is 14.7 Å². The molecule has 2 heterocycles. The number of hydrogen-bond acceptors (Lipinski definition) is 6. The summed E-state index contributed by atoms with van der Waals surface area (Å²) in [5.41, 5.74) is 11.4. The van der Waals surface area contributed by atoms with E-state index >= 15 is 0 Å². The summed E-state index contributed by atoms with van der Waals surface area (Å²) in [6, 6.07) is -0.480. The minimum atomic E-state index is -0.653. The van der Waals surface area contributed by atoms with Crippen LogP contribution in [0.25, 0.3) is 0 Å². The first kappa shape index (κ1) is 13.8. The van der Waals surface area contributed by atoms with Crippen LogP contribution in [0.1, 0.15) is 0 Å². The highest BCUT2D eigenvalue weighted by molar-refractivity contribution is 5.80. The number of aliphatic hydroxyl groups is 1. The Bertz CT molecular complexity index is 436. The zero-order valence-corrected chi connectivity index (χ0v) is 10.6. The highest BCUT2D eigenvalue weighted by Gasteiger charge is 2.29. The number of β-amino-alcohol motifs (C(OH)–C–C–N with tert-alkyl or cyclic N) is 1. The monoisotopic (exact) mass is 269 g/mol. The van der Waals surface area contributed by atoms with E-state index in [4.69, 9.17) is 16.2 Å². The third kappa shape index (κ3) is 3.66. The number of rotatable bonds is 5. The van der Waals surface area contributed by atoms with Crippen LogP contribution in [0.4, 0.5) is 5.69 Å². The number of nitrogen functional groups attached to an aromatic ring is 1. The minimum absolute atomic E-state index is 0.275. The first-order valence-corrected chi connectivity index (χ1v) is 6.13. The number of morpholine rings is 1. The molecule has 1 fully saturated rings. The lowest BCUT2D eigenvalue weighted by molar-refractivity contribution is -0.130. The van der Waals surface area contributed by atoms with Crippen molar-refractivity contribution in [3.63, 3.8) is 0 Å². The van der Waals surface area contributed by atoms with Gasteiger partial charge in [0.25, 0.3) is 0 Å². The van der Waals surface area contributed by atoms with Crippen LogP contribution < -0.4 is 11.5 Å². The third-order valence-electron chi connectivity index (χ3n) is 3.06. The van der Waals surface area contributed by atoms with Crippen LogP contribution in [0.2, 0.25) is 0 Å². The summed E-state index contributed by atoms with van der Waals surface area (Å²) in [5.74, 6) is -0.435. The lowest BCUT2D eigenvalue weighted by Gasteiger charge is -2.34. The van der Waals surface area contributed by atoms with Crippen LogP contribution in [0.5, 0.6) is 0 Å². The van der Waals surface area contributed by atoms with Crippen molar-refractivity contribution in [1.29, 1.82) is 0 Å².